The van der Waals surface area contributed by atoms with Crippen molar-refractivity contribution in [1.82, 2.24) is 5.32 Å². The van der Waals surface area contributed by atoms with E-state index in [-0.39, 0.29) is 11.9 Å². The lowest BCUT2D eigenvalue weighted by Gasteiger charge is -2.14. The van der Waals surface area contributed by atoms with E-state index in [4.69, 9.17) is 16.9 Å². The lowest BCUT2D eigenvalue weighted by atomic mass is 10.1. The second-order valence-corrected chi connectivity index (χ2v) is 6.53. The summed E-state index contributed by atoms with van der Waals surface area (Å²) in [7, 11) is 0. The predicted octanol–water partition coefficient (Wildman–Crippen LogP) is 4.32. The number of nitrogens with one attached hydrogen (secondary N) is 1. The molecule has 0 unspecified atom stereocenters. The molecular formula is C18H17ClN2OS. The topological polar surface area (TPSA) is 52.9 Å². The standard InChI is InChI=1S/C18H17ClN2OS/c1-13(14-7-4-8-17(19)9-14)21-18(22)12-23-11-16-6-3-2-5-15(16)10-20/h2-9,13H,11-12H2,1H3,(H,21,22)/t13-/m0/s1. The van der Waals surface area contributed by atoms with Crippen LogP contribution in [0, 0.1) is 11.3 Å². The summed E-state index contributed by atoms with van der Waals surface area (Å²) in [5, 5.41) is 12.7. The van der Waals surface area contributed by atoms with Gasteiger partial charge in [0.2, 0.25) is 5.91 Å². The third-order valence-electron chi connectivity index (χ3n) is 3.35. The van der Waals surface area contributed by atoms with E-state index in [0.29, 0.717) is 22.1 Å². The van der Waals surface area contributed by atoms with Crippen LogP contribution < -0.4 is 5.32 Å². The minimum atomic E-state index is -0.0896. The zero-order valence-electron chi connectivity index (χ0n) is 12.8. The SMILES string of the molecule is C[C@H](NC(=O)CSCc1ccccc1C#N)c1cccc(Cl)c1. The van der Waals surface area contributed by atoms with Gasteiger partial charge in [0.25, 0.3) is 0 Å². The monoisotopic (exact) mass is 344 g/mol. The summed E-state index contributed by atoms with van der Waals surface area (Å²) in [4.78, 5) is 12.0. The van der Waals surface area contributed by atoms with E-state index in [1.165, 1.54) is 11.8 Å². The van der Waals surface area contributed by atoms with Crippen LogP contribution in [0.2, 0.25) is 5.02 Å². The van der Waals surface area contributed by atoms with Gasteiger partial charge in [-0.05, 0) is 36.2 Å². The fourth-order valence-electron chi connectivity index (χ4n) is 2.15. The first-order chi connectivity index (χ1) is 11.1. The van der Waals surface area contributed by atoms with Gasteiger partial charge in [-0.25, -0.2) is 0 Å². The van der Waals surface area contributed by atoms with Gasteiger partial charge in [0.1, 0.15) is 0 Å². The Morgan fingerprint density at radius 1 is 1.30 bits per heavy atom. The molecule has 0 saturated heterocycles. The van der Waals surface area contributed by atoms with Crippen LogP contribution in [0.5, 0.6) is 0 Å². The minimum Gasteiger partial charge on any atom is -0.349 e. The maximum atomic E-state index is 12.0. The lowest BCUT2D eigenvalue weighted by Crippen LogP contribution is -2.28. The molecular weight excluding hydrogens is 328 g/mol. The number of hydrogen-bond donors (Lipinski definition) is 1. The minimum absolute atomic E-state index is 0.0306. The maximum absolute atomic E-state index is 12.0. The summed E-state index contributed by atoms with van der Waals surface area (Å²) >= 11 is 7.46. The Hall–Kier alpha value is -1.96. The molecule has 1 atom stereocenters. The summed E-state index contributed by atoms with van der Waals surface area (Å²) in [6.07, 6.45) is 0. The predicted molar refractivity (Wildman–Crippen MR) is 95.3 cm³/mol. The highest BCUT2D eigenvalue weighted by atomic mass is 35.5. The first-order valence-electron chi connectivity index (χ1n) is 7.20. The molecule has 0 heterocycles. The molecule has 3 nitrogen and oxygen atoms in total. The van der Waals surface area contributed by atoms with Gasteiger partial charge in [-0.15, -0.1) is 11.8 Å². The van der Waals surface area contributed by atoms with Gasteiger partial charge in [0.05, 0.1) is 23.4 Å². The van der Waals surface area contributed by atoms with Crippen LogP contribution in [0.3, 0.4) is 0 Å². The Morgan fingerprint density at radius 3 is 2.83 bits per heavy atom. The van der Waals surface area contributed by atoms with Gasteiger partial charge in [-0.2, -0.15) is 5.26 Å². The fraction of sp³-hybridized carbons (Fsp3) is 0.222. The van der Waals surface area contributed by atoms with E-state index in [1.54, 1.807) is 6.07 Å². The lowest BCUT2D eigenvalue weighted by molar-refractivity contribution is -0.119. The Bertz CT molecular complexity index is 727. The molecule has 0 saturated carbocycles. The zero-order chi connectivity index (χ0) is 16.7. The van der Waals surface area contributed by atoms with Gasteiger partial charge < -0.3 is 5.32 Å². The smallest absolute Gasteiger partial charge is 0.230 e. The molecule has 2 aromatic carbocycles. The number of carbonyl (C=O) groups excluding carboxylic acids is 1. The van der Waals surface area contributed by atoms with Crippen molar-refractivity contribution in [2.75, 3.05) is 5.75 Å². The number of hydrogen-bond acceptors (Lipinski definition) is 3. The van der Waals surface area contributed by atoms with E-state index >= 15 is 0 Å². The van der Waals surface area contributed by atoms with E-state index in [1.807, 2.05) is 49.4 Å². The zero-order valence-corrected chi connectivity index (χ0v) is 14.3. The molecule has 23 heavy (non-hydrogen) atoms. The average Bonchev–Trinajstić information content (AvgIpc) is 2.55. The maximum Gasteiger partial charge on any atom is 0.230 e. The van der Waals surface area contributed by atoms with E-state index in [2.05, 4.69) is 11.4 Å². The van der Waals surface area contributed by atoms with E-state index in [0.717, 1.165) is 11.1 Å². The normalized spacial score (nSPS) is 11.5. The van der Waals surface area contributed by atoms with Crippen molar-refractivity contribution >= 4 is 29.3 Å². The third-order valence-corrected chi connectivity index (χ3v) is 4.57. The fourth-order valence-corrected chi connectivity index (χ4v) is 3.19. The third kappa shape index (κ3) is 5.31. The molecule has 118 valence electrons. The Labute approximate surface area is 145 Å². The Kier molecular flexibility index (Phi) is 6.52. The molecule has 1 N–H and O–H groups in total. The molecule has 0 aliphatic carbocycles. The van der Waals surface area contributed by atoms with Gasteiger partial charge in [-0.1, -0.05) is 41.9 Å². The molecule has 0 bridgehead atoms. The highest BCUT2D eigenvalue weighted by Gasteiger charge is 2.10. The number of carbonyl (C=O) groups is 1. The molecule has 0 aromatic heterocycles. The average molecular weight is 345 g/mol. The van der Waals surface area contributed by atoms with Crippen LogP contribution in [0.15, 0.2) is 48.5 Å². The van der Waals surface area contributed by atoms with Crippen molar-refractivity contribution in [2.24, 2.45) is 0 Å². The molecule has 0 aliphatic heterocycles. The van der Waals surface area contributed by atoms with Gasteiger partial charge in [0.15, 0.2) is 0 Å². The summed E-state index contributed by atoms with van der Waals surface area (Å²) in [6.45, 7) is 1.93. The molecule has 0 aliphatic rings. The van der Waals surface area contributed by atoms with Crippen LogP contribution in [0.25, 0.3) is 0 Å². The van der Waals surface area contributed by atoms with Crippen LogP contribution in [-0.2, 0) is 10.5 Å². The number of rotatable bonds is 6. The van der Waals surface area contributed by atoms with Crippen LogP contribution in [0.4, 0.5) is 0 Å². The molecule has 1 amide bonds. The number of halogens is 1. The second-order valence-electron chi connectivity index (χ2n) is 5.11. The molecule has 0 spiro atoms. The molecule has 0 radical (unpaired) electrons. The van der Waals surface area contributed by atoms with E-state index < -0.39 is 0 Å². The molecule has 5 heteroatoms. The van der Waals surface area contributed by atoms with Crippen molar-refractivity contribution in [1.29, 1.82) is 5.26 Å². The van der Waals surface area contributed by atoms with Crippen molar-refractivity contribution in [3.8, 4) is 6.07 Å². The summed E-state index contributed by atoms with van der Waals surface area (Å²) in [5.41, 5.74) is 2.59. The second kappa shape index (κ2) is 8.61. The summed E-state index contributed by atoms with van der Waals surface area (Å²) in [5.74, 6) is 0.963. The number of benzene rings is 2. The summed E-state index contributed by atoms with van der Waals surface area (Å²) in [6, 6.07) is 17.0. The summed E-state index contributed by atoms with van der Waals surface area (Å²) < 4.78 is 0. The number of thioether (sulfide) groups is 1. The quantitative estimate of drug-likeness (QED) is 0.848. The highest BCUT2D eigenvalue weighted by molar-refractivity contribution is 7.99. The van der Waals surface area contributed by atoms with Crippen molar-refractivity contribution < 1.29 is 4.79 Å². The van der Waals surface area contributed by atoms with Crippen LogP contribution >= 0.6 is 23.4 Å². The molecule has 2 rings (SSSR count). The first-order valence-corrected chi connectivity index (χ1v) is 8.74. The number of nitrogens with zero attached hydrogens (tertiary/aromatic N) is 1. The van der Waals surface area contributed by atoms with Crippen molar-refractivity contribution in [3.05, 3.63) is 70.2 Å². The highest BCUT2D eigenvalue weighted by Crippen LogP contribution is 2.19. The van der Waals surface area contributed by atoms with Crippen molar-refractivity contribution in [3.63, 3.8) is 0 Å². The number of nitriles is 1. The molecule has 2 aromatic rings. The van der Waals surface area contributed by atoms with Gasteiger partial charge >= 0.3 is 0 Å². The van der Waals surface area contributed by atoms with Gasteiger partial charge in [0, 0.05) is 10.8 Å². The Morgan fingerprint density at radius 2 is 2.09 bits per heavy atom. The molecule has 0 fully saturated rings. The van der Waals surface area contributed by atoms with Crippen LogP contribution in [-0.4, -0.2) is 11.7 Å². The largest absolute Gasteiger partial charge is 0.349 e. The Balaban J connectivity index is 1.82. The first kappa shape index (κ1) is 17.4. The van der Waals surface area contributed by atoms with Gasteiger partial charge in [-0.3, -0.25) is 4.79 Å². The van der Waals surface area contributed by atoms with Crippen LogP contribution in [0.1, 0.15) is 29.7 Å². The van der Waals surface area contributed by atoms with E-state index in [9.17, 15) is 4.79 Å². The number of amides is 1. The van der Waals surface area contributed by atoms with Crippen molar-refractivity contribution in [2.45, 2.75) is 18.7 Å².